The Morgan fingerprint density at radius 1 is 1.38 bits per heavy atom. The van der Waals surface area contributed by atoms with Crippen LogP contribution in [0.15, 0.2) is 18.2 Å². The van der Waals surface area contributed by atoms with Gasteiger partial charge in [-0.05, 0) is 48.8 Å². The number of hydrogen-bond acceptors (Lipinski definition) is 2. The molecule has 1 aliphatic rings. The van der Waals surface area contributed by atoms with Crippen LogP contribution in [-0.4, -0.2) is 11.5 Å². The molecule has 0 atom stereocenters. The molecule has 1 aromatic carbocycles. The second-order valence-corrected chi connectivity index (χ2v) is 7.59. The highest BCUT2D eigenvalue weighted by atomic mass is 35.5. The SMILES string of the molecule is CC(C)CC1(CNc2cc(Cl)ccc2C(N)=S)CCCC1. The van der Waals surface area contributed by atoms with Crippen molar-refractivity contribution in [1.29, 1.82) is 0 Å². The van der Waals surface area contributed by atoms with Gasteiger partial charge in [0.25, 0.3) is 0 Å². The monoisotopic (exact) mass is 324 g/mol. The number of hydrogen-bond donors (Lipinski definition) is 2. The number of halogens is 1. The average Bonchev–Trinajstić information content (AvgIpc) is 2.84. The fourth-order valence-corrected chi connectivity index (χ4v) is 3.95. The lowest BCUT2D eigenvalue weighted by Gasteiger charge is -2.32. The van der Waals surface area contributed by atoms with Gasteiger partial charge in [0, 0.05) is 22.8 Å². The lowest BCUT2D eigenvalue weighted by molar-refractivity contribution is 0.252. The first-order valence-corrected chi connectivity index (χ1v) is 8.54. The molecule has 3 N–H and O–H groups in total. The van der Waals surface area contributed by atoms with E-state index in [-0.39, 0.29) is 0 Å². The summed E-state index contributed by atoms with van der Waals surface area (Å²) in [5.74, 6) is 0.722. The van der Waals surface area contributed by atoms with Crippen LogP contribution >= 0.6 is 23.8 Å². The van der Waals surface area contributed by atoms with Gasteiger partial charge >= 0.3 is 0 Å². The van der Waals surface area contributed by atoms with Crippen molar-refractivity contribution in [3.63, 3.8) is 0 Å². The van der Waals surface area contributed by atoms with Crippen LogP contribution in [0.1, 0.15) is 51.5 Å². The number of rotatable bonds is 6. The van der Waals surface area contributed by atoms with Gasteiger partial charge in [0.05, 0.1) is 0 Å². The van der Waals surface area contributed by atoms with Gasteiger partial charge in [0.1, 0.15) is 4.99 Å². The molecule has 0 radical (unpaired) electrons. The summed E-state index contributed by atoms with van der Waals surface area (Å²) >= 11 is 11.2. The van der Waals surface area contributed by atoms with E-state index in [2.05, 4.69) is 19.2 Å². The van der Waals surface area contributed by atoms with Gasteiger partial charge in [-0.3, -0.25) is 0 Å². The van der Waals surface area contributed by atoms with E-state index in [1.54, 1.807) is 0 Å². The van der Waals surface area contributed by atoms with Crippen molar-refractivity contribution in [2.24, 2.45) is 17.1 Å². The van der Waals surface area contributed by atoms with Gasteiger partial charge < -0.3 is 11.1 Å². The molecule has 0 heterocycles. The van der Waals surface area contributed by atoms with Crippen LogP contribution in [0.2, 0.25) is 5.02 Å². The second kappa shape index (κ2) is 6.97. The Labute approximate surface area is 138 Å². The van der Waals surface area contributed by atoms with Crippen molar-refractivity contribution < 1.29 is 0 Å². The Kier molecular flexibility index (Phi) is 5.50. The molecule has 0 bridgehead atoms. The summed E-state index contributed by atoms with van der Waals surface area (Å²) in [5.41, 5.74) is 8.06. The van der Waals surface area contributed by atoms with Crippen LogP contribution in [0.4, 0.5) is 5.69 Å². The summed E-state index contributed by atoms with van der Waals surface area (Å²) in [6.45, 7) is 5.58. The zero-order valence-electron chi connectivity index (χ0n) is 12.9. The molecule has 0 spiro atoms. The van der Waals surface area contributed by atoms with Crippen LogP contribution in [0.5, 0.6) is 0 Å². The quantitative estimate of drug-likeness (QED) is 0.724. The molecular weight excluding hydrogens is 300 g/mol. The van der Waals surface area contributed by atoms with Gasteiger partial charge in [-0.15, -0.1) is 0 Å². The smallest absolute Gasteiger partial charge is 0.106 e. The zero-order valence-corrected chi connectivity index (χ0v) is 14.5. The largest absolute Gasteiger partial charge is 0.389 e. The normalized spacial score (nSPS) is 17.1. The van der Waals surface area contributed by atoms with E-state index >= 15 is 0 Å². The van der Waals surface area contributed by atoms with Crippen molar-refractivity contribution in [3.05, 3.63) is 28.8 Å². The fourth-order valence-electron chi connectivity index (χ4n) is 3.60. The number of benzene rings is 1. The standard InChI is InChI=1S/C17H25ClN2S/c1-12(2)10-17(7-3-4-8-17)11-20-15-9-13(18)5-6-14(15)16(19)21/h5-6,9,12,20H,3-4,7-8,10-11H2,1-2H3,(H2,19,21). The van der Waals surface area contributed by atoms with Crippen LogP contribution in [0.25, 0.3) is 0 Å². The average molecular weight is 325 g/mol. The highest BCUT2D eigenvalue weighted by Gasteiger charge is 2.34. The summed E-state index contributed by atoms with van der Waals surface area (Å²) < 4.78 is 0. The molecule has 2 nitrogen and oxygen atoms in total. The molecule has 0 amide bonds. The van der Waals surface area contributed by atoms with Gasteiger partial charge in [-0.1, -0.05) is 50.5 Å². The topological polar surface area (TPSA) is 38.0 Å². The molecule has 2 rings (SSSR count). The first-order valence-electron chi connectivity index (χ1n) is 7.75. The summed E-state index contributed by atoms with van der Waals surface area (Å²) in [6.07, 6.45) is 6.56. The fraction of sp³-hybridized carbons (Fsp3) is 0.588. The highest BCUT2D eigenvalue weighted by Crippen LogP contribution is 2.43. The summed E-state index contributed by atoms with van der Waals surface area (Å²) in [4.78, 5) is 0.415. The maximum absolute atomic E-state index is 6.11. The lowest BCUT2D eigenvalue weighted by Crippen LogP contribution is -2.29. The van der Waals surface area contributed by atoms with E-state index in [9.17, 15) is 0 Å². The Morgan fingerprint density at radius 2 is 2.05 bits per heavy atom. The number of nitrogens with one attached hydrogen (secondary N) is 1. The van der Waals surface area contributed by atoms with Crippen molar-refractivity contribution in [3.8, 4) is 0 Å². The third-order valence-corrected chi connectivity index (χ3v) is 4.86. The van der Waals surface area contributed by atoms with Crippen LogP contribution in [0.3, 0.4) is 0 Å². The van der Waals surface area contributed by atoms with Gasteiger partial charge in [-0.25, -0.2) is 0 Å². The molecule has 1 saturated carbocycles. The van der Waals surface area contributed by atoms with Crippen molar-refractivity contribution in [2.45, 2.75) is 46.0 Å². The number of nitrogens with two attached hydrogens (primary N) is 1. The molecule has 1 aliphatic carbocycles. The molecule has 0 saturated heterocycles. The highest BCUT2D eigenvalue weighted by molar-refractivity contribution is 7.80. The molecule has 21 heavy (non-hydrogen) atoms. The van der Waals surface area contributed by atoms with Gasteiger partial charge in [-0.2, -0.15) is 0 Å². The Balaban J connectivity index is 2.14. The third kappa shape index (κ3) is 4.33. The molecule has 4 heteroatoms. The lowest BCUT2D eigenvalue weighted by atomic mass is 9.78. The van der Waals surface area contributed by atoms with E-state index in [1.807, 2.05) is 18.2 Å². The minimum absolute atomic E-state index is 0.407. The molecule has 0 aliphatic heterocycles. The first kappa shape index (κ1) is 16.6. The molecule has 1 fully saturated rings. The summed E-state index contributed by atoms with van der Waals surface area (Å²) in [6, 6.07) is 5.66. The van der Waals surface area contributed by atoms with Crippen LogP contribution in [0, 0.1) is 11.3 Å². The Morgan fingerprint density at radius 3 is 2.62 bits per heavy atom. The van der Waals surface area contributed by atoms with Gasteiger partial charge in [0.2, 0.25) is 0 Å². The number of anilines is 1. The van der Waals surface area contributed by atoms with Crippen LogP contribution < -0.4 is 11.1 Å². The maximum atomic E-state index is 6.11. The zero-order chi connectivity index (χ0) is 15.5. The molecule has 116 valence electrons. The van der Waals surface area contributed by atoms with Crippen molar-refractivity contribution in [2.75, 3.05) is 11.9 Å². The molecular formula is C17H25ClN2S. The van der Waals surface area contributed by atoms with Crippen LogP contribution in [-0.2, 0) is 0 Å². The second-order valence-electron chi connectivity index (χ2n) is 6.71. The Bertz CT molecular complexity index is 508. The summed E-state index contributed by atoms with van der Waals surface area (Å²) in [7, 11) is 0. The first-order chi connectivity index (χ1) is 9.92. The third-order valence-electron chi connectivity index (χ3n) is 4.41. The predicted octanol–water partition coefficient (Wildman–Crippen LogP) is 4.99. The Hall–Kier alpha value is -0.800. The van der Waals surface area contributed by atoms with E-state index < -0.39 is 0 Å². The van der Waals surface area contributed by atoms with E-state index in [0.717, 1.165) is 23.7 Å². The maximum Gasteiger partial charge on any atom is 0.106 e. The van der Waals surface area contributed by atoms with E-state index in [4.69, 9.17) is 29.6 Å². The summed E-state index contributed by atoms with van der Waals surface area (Å²) in [5, 5.41) is 4.28. The van der Waals surface area contributed by atoms with Crippen molar-refractivity contribution in [1.82, 2.24) is 0 Å². The predicted molar refractivity (Wildman–Crippen MR) is 96.2 cm³/mol. The molecule has 0 aromatic heterocycles. The van der Waals surface area contributed by atoms with E-state index in [0.29, 0.717) is 15.4 Å². The molecule has 0 unspecified atom stereocenters. The van der Waals surface area contributed by atoms with Crippen molar-refractivity contribution >= 4 is 34.5 Å². The van der Waals surface area contributed by atoms with E-state index in [1.165, 1.54) is 32.1 Å². The van der Waals surface area contributed by atoms with Gasteiger partial charge in [0.15, 0.2) is 0 Å². The minimum Gasteiger partial charge on any atom is -0.389 e. The molecule has 1 aromatic rings. The number of thiocarbonyl (C=S) groups is 1. The minimum atomic E-state index is 0.407.